The number of benzene rings is 1. The second-order valence-electron chi connectivity index (χ2n) is 6.20. The Bertz CT molecular complexity index is 613. The summed E-state index contributed by atoms with van der Waals surface area (Å²) in [5.74, 6) is 1.01. The predicted molar refractivity (Wildman–Crippen MR) is 98.9 cm³/mol. The second kappa shape index (κ2) is 9.08. The highest BCUT2D eigenvalue weighted by Crippen LogP contribution is 2.28. The first-order valence-electron chi connectivity index (χ1n) is 8.54. The molecule has 1 aromatic rings. The van der Waals surface area contributed by atoms with Crippen LogP contribution in [-0.4, -0.2) is 61.2 Å². The standard InChI is InChI=1S/C18H25BrN2O4/c1-4-24-18(23)21-9-7-20(8-10-21)17(22)12-25-16-6-5-14(13(2)3)11-15(16)19/h5-6,11,13H,4,7-10,12H2,1-3H3. The fourth-order valence-corrected chi connectivity index (χ4v) is 3.09. The van der Waals surface area contributed by atoms with E-state index < -0.39 is 0 Å². The van der Waals surface area contributed by atoms with Gasteiger partial charge in [0.1, 0.15) is 5.75 Å². The van der Waals surface area contributed by atoms with E-state index in [-0.39, 0.29) is 18.6 Å². The molecule has 25 heavy (non-hydrogen) atoms. The summed E-state index contributed by atoms with van der Waals surface area (Å²) < 4.78 is 11.5. The predicted octanol–water partition coefficient (Wildman–Crippen LogP) is 3.25. The van der Waals surface area contributed by atoms with Crippen LogP contribution in [-0.2, 0) is 9.53 Å². The highest BCUT2D eigenvalue weighted by molar-refractivity contribution is 9.10. The van der Waals surface area contributed by atoms with Crippen molar-refractivity contribution in [2.45, 2.75) is 26.7 Å². The number of carbonyl (C=O) groups is 2. The van der Waals surface area contributed by atoms with Gasteiger partial charge in [0.2, 0.25) is 0 Å². The molecule has 0 spiro atoms. The zero-order valence-electron chi connectivity index (χ0n) is 15.0. The lowest BCUT2D eigenvalue weighted by Crippen LogP contribution is -2.51. The second-order valence-corrected chi connectivity index (χ2v) is 7.05. The Hall–Kier alpha value is -1.76. The molecule has 1 aliphatic heterocycles. The Labute approximate surface area is 157 Å². The highest BCUT2D eigenvalue weighted by atomic mass is 79.9. The average molecular weight is 413 g/mol. The number of amides is 2. The molecule has 1 aromatic carbocycles. The van der Waals surface area contributed by atoms with E-state index in [0.717, 1.165) is 4.47 Å². The van der Waals surface area contributed by atoms with Crippen LogP contribution in [0.1, 0.15) is 32.3 Å². The summed E-state index contributed by atoms with van der Waals surface area (Å²) in [5.41, 5.74) is 1.21. The van der Waals surface area contributed by atoms with E-state index in [0.29, 0.717) is 44.5 Å². The third-order valence-corrected chi connectivity index (χ3v) is 4.75. The van der Waals surface area contributed by atoms with E-state index >= 15 is 0 Å². The van der Waals surface area contributed by atoms with Crippen LogP contribution in [0, 0.1) is 0 Å². The Morgan fingerprint density at radius 3 is 2.36 bits per heavy atom. The quantitative estimate of drug-likeness (QED) is 0.744. The number of rotatable bonds is 5. The van der Waals surface area contributed by atoms with Crippen LogP contribution in [0.15, 0.2) is 22.7 Å². The fraction of sp³-hybridized carbons (Fsp3) is 0.556. The van der Waals surface area contributed by atoms with Gasteiger partial charge in [-0.05, 0) is 46.5 Å². The van der Waals surface area contributed by atoms with Crippen molar-refractivity contribution in [3.63, 3.8) is 0 Å². The Balaban J connectivity index is 1.82. The number of hydrogen-bond acceptors (Lipinski definition) is 4. The van der Waals surface area contributed by atoms with Gasteiger partial charge < -0.3 is 19.3 Å². The van der Waals surface area contributed by atoms with Gasteiger partial charge in [0, 0.05) is 26.2 Å². The Kier molecular flexibility index (Phi) is 7.11. The number of halogens is 1. The molecule has 0 atom stereocenters. The Morgan fingerprint density at radius 1 is 1.16 bits per heavy atom. The van der Waals surface area contributed by atoms with E-state index in [9.17, 15) is 9.59 Å². The Morgan fingerprint density at radius 2 is 1.80 bits per heavy atom. The summed E-state index contributed by atoms with van der Waals surface area (Å²) in [4.78, 5) is 27.3. The smallest absolute Gasteiger partial charge is 0.409 e. The zero-order valence-corrected chi connectivity index (χ0v) is 16.5. The van der Waals surface area contributed by atoms with Crippen molar-refractivity contribution in [3.05, 3.63) is 28.2 Å². The minimum absolute atomic E-state index is 0.0148. The molecule has 0 unspecified atom stereocenters. The van der Waals surface area contributed by atoms with Gasteiger partial charge in [0.15, 0.2) is 6.61 Å². The molecule has 1 heterocycles. The number of nitrogens with zero attached hydrogens (tertiary/aromatic N) is 2. The van der Waals surface area contributed by atoms with Gasteiger partial charge >= 0.3 is 6.09 Å². The summed E-state index contributed by atoms with van der Waals surface area (Å²) in [7, 11) is 0. The summed E-state index contributed by atoms with van der Waals surface area (Å²) in [6.07, 6.45) is -0.319. The number of carbonyl (C=O) groups excluding carboxylic acids is 2. The maximum Gasteiger partial charge on any atom is 0.409 e. The highest BCUT2D eigenvalue weighted by Gasteiger charge is 2.25. The third kappa shape index (κ3) is 5.36. The van der Waals surface area contributed by atoms with Crippen LogP contribution in [0.2, 0.25) is 0 Å². The zero-order chi connectivity index (χ0) is 18.4. The molecule has 0 N–H and O–H groups in total. The van der Waals surface area contributed by atoms with Crippen LogP contribution in [0.3, 0.4) is 0 Å². The monoisotopic (exact) mass is 412 g/mol. The van der Waals surface area contributed by atoms with Gasteiger partial charge in [-0.3, -0.25) is 4.79 Å². The van der Waals surface area contributed by atoms with Crippen molar-refractivity contribution in [2.75, 3.05) is 39.4 Å². The van der Waals surface area contributed by atoms with Crippen LogP contribution < -0.4 is 4.74 Å². The molecule has 138 valence electrons. The summed E-state index contributed by atoms with van der Waals surface area (Å²) in [6, 6.07) is 5.90. The molecule has 7 heteroatoms. The van der Waals surface area contributed by atoms with Crippen LogP contribution in [0.4, 0.5) is 4.79 Å². The molecule has 0 aromatic heterocycles. The molecule has 1 aliphatic rings. The van der Waals surface area contributed by atoms with Crippen LogP contribution >= 0.6 is 15.9 Å². The van der Waals surface area contributed by atoms with Crippen molar-refractivity contribution in [2.24, 2.45) is 0 Å². The van der Waals surface area contributed by atoms with E-state index in [1.54, 1.807) is 16.7 Å². The van der Waals surface area contributed by atoms with Gasteiger partial charge in [-0.15, -0.1) is 0 Å². The minimum Gasteiger partial charge on any atom is -0.483 e. The lowest BCUT2D eigenvalue weighted by Gasteiger charge is -2.34. The fourth-order valence-electron chi connectivity index (χ4n) is 2.58. The summed E-state index contributed by atoms with van der Waals surface area (Å²) in [5, 5.41) is 0. The minimum atomic E-state index is -0.319. The van der Waals surface area contributed by atoms with Gasteiger partial charge in [0.05, 0.1) is 11.1 Å². The largest absolute Gasteiger partial charge is 0.483 e. The van der Waals surface area contributed by atoms with Gasteiger partial charge in [0.25, 0.3) is 5.91 Å². The van der Waals surface area contributed by atoms with Crippen LogP contribution in [0.5, 0.6) is 5.75 Å². The molecule has 0 aliphatic carbocycles. The molecule has 0 bridgehead atoms. The van der Waals surface area contributed by atoms with Crippen LogP contribution in [0.25, 0.3) is 0 Å². The van der Waals surface area contributed by atoms with Crippen molar-refractivity contribution < 1.29 is 19.1 Å². The first kappa shape index (κ1) is 19.6. The molecular weight excluding hydrogens is 388 g/mol. The lowest BCUT2D eigenvalue weighted by molar-refractivity contribution is -0.135. The molecular formula is C18H25BrN2O4. The molecule has 0 saturated carbocycles. The first-order chi connectivity index (χ1) is 11.9. The van der Waals surface area contributed by atoms with Crippen molar-refractivity contribution in [3.8, 4) is 5.75 Å². The summed E-state index contributed by atoms with van der Waals surface area (Å²) >= 11 is 3.49. The molecule has 1 fully saturated rings. The van der Waals surface area contributed by atoms with Crippen molar-refractivity contribution >= 4 is 27.9 Å². The van der Waals surface area contributed by atoms with E-state index in [2.05, 4.69) is 29.8 Å². The van der Waals surface area contributed by atoms with Crippen molar-refractivity contribution in [1.29, 1.82) is 0 Å². The average Bonchev–Trinajstić information content (AvgIpc) is 2.60. The van der Waals surface area contributed by atoms with Gasteiger partial charge in [-0.2, -0.15) is 0 Å². The van der Waals surface area contributed by atoms with E-state index in [1.807, 2.05) is 18.2 Å². The third-order valence-electron chi connectivity index (χ3n) is 4.13. The van der Waals surface area contributed by atoms with Crippen molar-refractivity contribution in [1.82, 2.24) is 9.80 Å². The molecule has 0 radical (unpaired) electrons. The molecule has 6 nitrogen and oxygen atoms in total. The number of ether oxygens (including phenoxy) is 2. The number of piperazine rings is 1. The van der Waals surface area contributed by atoms with Gasteiger partial charge in [-0.25, -0.2) is 4.79 Å². The maximum atomic E-state index is 12.3. The van der Waals surface area contributed by atoms with Gasteiger partial charge in [-0.1, -0.05) is 19.9 Å². The SMILES string of the molecule is CCOC(=O)N1CCN(C(=O)COc2ccc(C(C)C)cc2Br)CC1. The maximum absolute atomic E-state index is 12.3. The molecule has 1 saturated heterocycles. The number of hydrogen-bond donors (Lipinski definition) is 0. The van der Waals surface area contributed by atoms with E-state index in [4.69, 9.17) is 9.47 Å². The molecule has 2 rings (SSSR count). The molecule has 2 amide bonds. The van der Waals surface area contributed by atoms with E-state index in [1.165, 1.54) is 5.56 Å². The first-order valence-corrected chi connectivity index (χ1v) is 9.33. The normalized spacial score (nSPS) is 14.6. The lowest BCUT2D eigenvalue weighted by atomic mass is 10.0. The summed E-state index contributed by atoms with van der Waals surface area (Å²) in [6.45, 7) is 8.33. The topological polar surface area (TPSA) is 59.1 Å².